The Morgan fingerprint density at radius 2 is 2.28 bits per heavy atom. The van der Waals surface area contributed by atoms with Crippen LogP contribution in [-0.4, -0.2) is 40.2 Å². The molecular weight excluding hydrogens is 228 g/mol. The molecule has 1 atom stereocenters. The Morgan fingerprint density at radius 3 is 2.78 bits per heavy atom. The van der Waals surface area contributed by atoms with Crippen LogP contribution in [0.25, 0.3) is 0 Å². The van der Waals surface area contributed by atoms with Crippen LogP contribution in [0.1, 0.15) is 37.6 Å². The lowest BCUT2D eigenvalue weighted by molar-refractivity contribution is 0.0787. The van der Waals surface area contributed by atoms with Gasteiger partial charge in [-0.15, -0.1) is 0 Å². The highest BCUT2D eigenvalue weighted by Crippen LogP contribution is 2.19. The summed E-state index contributed by atoms with van der Waals surface area (Å²) >= 11 is 0. The predicted molar refractivity (Wildman–Crippen MR) is 70.3 cm³/mol. The van der Waals surface area contributed by atoms with Gasteiger partial charge in [-0.05, 0) is 39.7 Å². The number of nitrogens with zero attached hydrogens (tertiary/aromatic N) is 3. The van der Waals surface area contributed by atoms with E-state index in [9.17, 15) is 4.79 Å². The van der Waals surface area contributed by atoms with Crippen molar-refractivity contribution in [2.45, 2.75) is 32.7 Å². The van der Waals surface area contributed by atoms with E-state index in [1.165, 1.54) is 0 Å². The van der Waals surface area contributed by atoms with E-state index < -0.39 is 0 Å². The molecule has 1 aromatic heterocycles. The second-order valence-corrected chi connectivity index (χ2v) is 5.99. The highest BCUT2D eigenvalue weighted by atomic mass is 16.2. The van der Waals surface area contributed by atoms with Crippen LogP contribution in [0.3, 0.4) is 0 Å². The van der Waals surface area contributed by atoms with Gasteiger partial charge in [0, 0.05) is 19.3 Å². The van der Waals surface area contributed by atoms with Crippen LogP contribution in [-0.2, 0) is 5.54 Å². The minimum absolute atomic E-state index is 0.0708. The highest BCUT2D eigenvalue weighted by molar-refractivity contribution is 5.93. The Labute approximate surface area is 108 Å². The van der Waals surface area contributed by atoms with Crippen molar-refractivity contribution in [3.05, 3.63) is 18.0 Å². The van der Waals surface area contributed by atoms with Crippen LogP contribution >= 0.6 is 0 Å². The Hall–Kier alpha value is -1.36. The maximum absolute atomic E-state index is 12.3. The predicted octanol–water partition coefficient (Wildman–Crippen LogP) is 1.06. The molecule has 1 amide bonds. The van der Waals surface area contributed by atoms with E-state index in [4.69, 9.17) is 5.73 Å². The quantitative estimate of drug-likeness (QED) is 0.853. The van der Waals surface area contributed by atoms with Gasteiger partial charge in [-0.1, -0.05) is 0 Å². The lowest BCUT2D eigenvalue weighted by Crippen LogP contribution is -2.29. The van der Waals surface area contributed by atoms with Crippen LogP contribution in [0.4, 0.5) is 0 Å². The third-order valence-corrected chi connectivity index (χ3v) is 3.42. The Bertz CT molecular complexity index is 432. The molecule has 0 aromatic carbocycles. The van der Waals surface area contributed by atoms with E-state index >= 15 is 0 Å². The first-order valence-corrected chi connectivity index (χ1v) is 6.46. The maximum Gasteiger partial charge on any atom is 0.257 e. The average molecular weight is 250 g/mol. The van der Waals surface area contributed by atoms with Crippen molar-refractivity contribution < 1.29 is 4.79 Å². The number of carbonyl (C=O) groups excluding carboxylic acids is 1. The first-order valence-electron chi connectivity index (χ1n) is 6.46. The van der Waals surface area contributed by atoms with Crippen molar-refractivity contribution in [1.29, 1.82) is 0 Å². The van der Waals surface area contributed by atoms with E-state index in [2.05, 4.69) is 25.9 Å². The summed E-state index contributed by atoms with van der Waals surface area (Å²) in [5.74, 6) is 0.521. The van der Waals surface area contributed by atoms with Crippen molar-refractivity contribution >= 4 is 5.91 Å². The number of amides is 1. The number of rotatable bonds is 2. The number of nitrogens with two attached hydrogens (primary N) is 1. The summed E-state index contributed by atoms with van der Waals surface area (Å²) in [5.41, 5.74) is 6.22. The lowest BCUT2D eigenvalue weighted by atomic mass is 10.1. The molecule has 2 N–H and O–H groups in total. The third kappa shape index (κ3) is 2.56. The summed E-state index contributed by atoms with van der Waals surface area (Å²) in [7, 11) is 0. The summed E-state index contributed by atoms with van der Waals surface area (Å²) in [6, 6.07) is 0. The van der Waals surface area contributed by atoms with Gasteiger partial charge in [-0.3, -0.25) is 9.48 Å². The minimum atomic E-state index is -0.0939. The van der Waals surface area contributed by atoms with E-state index in [0.717, 1.165) is 19.5 Å². The number of aromatic nitrogens is 2. The monoisotopic (exact) mass is 250 g/mol. The van der Waals surface area contributed by atoms with Gasteiger partial charge in [0.2, 0.25) is 0 Å². The molecule has 5 nitrogen and oxygen atoms in total. The largest absolute Gasteiger partial charge is 0.338 e. The molecule has 0 unspecified atom stereocenters. The Balaban J connectivity index is 2.08. The van der Waals surface area contributed by atoms with Gasteiger partial charge in [0.25, 0.3) is 5.91 Å². The molecule has 1 fully saturated rings. The number of hydrogen-bond donors (Lipinski definition) is 1. The van der Waals surface area contributed by atoms with Gasteiger partial charge in [0.1, 0.15) is 0 Å². The molecule has 0 spiro atoms. The van der Waals surface area contributed by atoms with E-state index in [-0.39, 0.29) is 11.4 Å². The zero-order valence-electron chi connectivity index (χ0n) is 11.4. The second-order valence-electron chi connectivity index (χ2n) is 5.99. The second kappa shape index (κ2) is 4.72. The third-order valence-electron chi connectivity index (χ3n) is 3.42. The first kappa shape index (κ1) is 13.1. The molecule has 18 heavy (non-hydrogen) atoms. The molecule has 0 bridgehead atoms. The molecule has 2 heterocycles. The molecule has 1 aliphatic rings. The van der Waals surface area contributed by atoms with Gasteiger partial charge < -0.3 is 10.6 Å². The van der Waals surface area contributed by atoms with Crippen LogP contribution in [0.2, 0.25) is 0 Å². The van der Waals surface area contributed by atoms with Crippen molar-refractivity contribution in [2.75, 3.05) is 19.6 Å². The van der Waals surface area contributed by atoms with Crippen molar-refractivity contribution in [3.8, 4) is 0 Å². The molecule has 0 radical (unpaired) electrons. The summed E-state index contributed by atoms with van der Waals surface area (Å²) < 4.78 is 1.83. The van der Waals surface area contributed by atoms with Gasteiger partial charge in [-0.25, -0.2) is 0 Å². The summed E-state index contributed by atoms with van der Waals surface area (Å²) in [5, 5.41) is 4.26. The van der Waals surface area contributed by atoms with Gasteiger partial charge in [-0.2, -0.15) is 5.10 Å². The van der Waals surface area contributed by atoms with Gasteiger partial charge in [0.05, 0.1) is 17.3 Å². The standard InChI is InChI=1S/C13H22N4O/c1-13(2,3)17-9-11(7-15-17)12(18)16-5-4-10(6-14)8-16/h7,9-10H,4-6,8,14H2,1-3H3/t10-/m0/s1. The Morgan fingerprint density at radius 1 is 1.56 bits per heavy atom. The van der Waals surface area contributed by atoms with E-state index in [1.807, 2.05) is 15.8 Å². The smallest absolute Gasteiger partial charge is 0.257 e. The van der Waals surface area contributed by atoms with Crippen molar-refractivity contribution in [2.24, 2.45) is 11.7 Å². The summed E-state index contributed by atoms with van der Waals surface area (Å²) in [4.78, 5) is 14.2. The van der Waals surface area contributed by atoms with Crippen molar-refractivity contribution in [3.63, 3.8) is 0 Å². The normalized spacial score (nSPS) is 20.4. The fourth-order valence-corrected chi connectivity index (χ4v) is 2.19. The summed E-state index contributed by atoms with van der Waals surface area (Å²) in [6.07, 6.45) is 4.50. The van der Waals surface area contributed by atoms with Gasteiger partial charge >= 0.3 is 0 Å². The van der Waals surface area contributed by atoms with Crippen LogP contribution in [0.15, 0.2) is 12.4 Å². The molecule has 1 aromatic rings. The first-order chi connectivity index (χ1) is 8.41. The lowest BCUT2D eigenvalue weighted by Gasteiger charge is -2.19. The maximum atomic E-state index is 12.3. The molecular formula is C13H22N4O. The van der Waals surface area contributed by atoms with Crippen molar-refractivity contribution in [1.82, 2.24) is 14.7 Å². The number of likely N-dealkylation sites (tertiary alicyclic amines) is 1. The zero-order valence-corrected chi connectivity index (χ0v) is 11.4. The molecule has 1 saturated heterocycles. The summed E-state index contributed by atoms with van der Waals surface area (Å²) in [6.45, 7) is 8.43. The van der Waals surface area contributed by atoms with Crippen LogP contribution < -0.4 is 5.73 Å². The van der Waals surface area contributed by atoms with Gasteiger partial charge in [0.15, 0.2) is 0 Å². The van der Waals surface area contributed by atoms with E-state index in [0.29, 0.717) is 18.0 Å². The highest BCUT2D eigenvalue weighted by Gasteiger charge is 2.27. The molecule has 0 aliphatic carbocycles. The molecule has 5 heteroatoms. The number of carbonyl (C=O) groups is 1. The average Bonchev–Trinajstić information content (AvgIpc) is 2.96. The van der Waals surface area contributed by atoms with Crippen LogP contribution in [0.5, 0.6) is 0 Å². The number of hydrogen-bond acceptors (Lipinski definition) is 3. The fourth-order valence-electron chi connectivity index (χ4n) is 2.19. The van der Waals surface area contributed by atoms with Crippen LogP contribution in [0, 0.1) is 5.92 Å². The molecule has 100 valence electrons. The fraction of sp³-hybridized carbons (Fsp3) is 0.692. The zero-order chi connectivity index (χ0) is 13.3. The van der Waals surface area contributed by atoms with E-state index in [1.54, 1.807) is 6.20 Å². The molecule has 2 rings (SSSR count). The Kier molecular flexibility index (Phi) is 3.43. The SMILES string of the molecule is CC(C)(C)n1cc(C(=O)N2CC[C@@H](CN)C2)cn1. The molecule has 1 aliphatic heterocycles. The topological polar surface area (TPSA) is 64.2 Å². The minimum Gasteiger partial charge on any atom is -0.338 e. The molecule has 0 saturated carbocycles.